The number of pyridine rings is 1. The number of benzene rings is 1. The summed E-state index contributed by atoms with van der Waals surface area (Å²) in [7, 11) is 1.59. The predicted octanol–water partition coefficient (Wildman–Crippen LogP) is 4.40. The minimum atomic E-state index is -1.15. The van der Waals surface area contributed by atoms with Gasteiger partial charge in [0.2, 0.25) is 11.8 Å². The van der Waals surface area contributed by atoms with E-state index >= 15 is 4.39 Å². The van der Waals surface area contributed by atoms with E-state index in [4.69, 9.17) is 27.9 Å². The second-order valence-corrected chi connectivity index (χ2v) is 14.4. The molecule has 1 aromatic heterocycles. The van der Waals surface area contributed by atoms with Crippen LogP contribution in [0.5, 0.6) is 0 Å². The first-order chi connectivity index (χ1) is 20.9. The SMILES string of the molecule is CNC(=O)C[C@@H]1CC[C@@H](NC(=O)[C@@H]2NC3(CCC(C)(C)CC3)[C@]3(c4ccc(Cl)cc4NC3O)[C@H]2c2ccnc(Cl)c2F)CO1. The molecule has 4 aliphatic rings. The Kier molecular flexibility index (Phi) is 8.37. The van der Waals surface area contributed by atoms with Crippen LogP contribution in [0.3, 0.4) is 0 Å². The van der Waals surface area contributed by atoms with Crippen molar-refractivity contribution in [2.45, 2.75) is 100 Å². The zero-order chi connectivity index (χ0) is 31.4. The highest BCUT2D eigenvalue weighted by molar-refractivity contribution is 6.31. The van der Waals surface area contributed by atoms with Crippen molar-refractivity contribution in [3.05, 3.63) is 57.6 Å². The minimum Gasteiger partial charge on any atom is -0.376 e. The topological polar surface area (TPSA) is 125 Å². The third-order valence-electron chi connectivity index (χ3n) is 10.6. The Balaban J connectivity index is 1.42. The van der Waals surface area contributed by atoms with Crippen molar-refractivity contribution in [2.75, 3.05) is 19.0 Å². The first kappa shape index (κ1) is 31.5. The highest BCUT2D eigenvalue weighted by Crippen LogP contribution is 2.65. The predicted molar refractivity (Wildman–Crippen MR) is 166 cm³/mol. The Morgan fingerprint density at radius 1 is 1.16 bits per heavy atom. The number of aliphatic hydroxyl groups excluding tert-OH is 1. The van der Waals surface area contributed by atoms with Crippen LogP contribution in [0.25, 0.3) is 0 Å². The second kappa shape index (κ2) is 11.7. The van der Waals surface area contributed by atoms with Gasteiger partial charge in [-0.2, -0.15) is 0 Å². The molecule has 0 radical (unpaired) electrons. The lowest BCUT2D eigenvalue weighted by molar-refractivity contribution is -0.128. The number of aliphatic hydroxyl groups is 1. The average Bonchev–Trinajstić information content (AvgIpc) is 3.45. The number of anilines is 1. The Bertz CT molecular complexity index is 1440. The summed E-state index contributed by atoms with van der Waals surface area (Å²) in [5.41, 5.74) is -0.172. The summed E-state index contributed by atoms with van der Waals surface area (Å²) >= 11 is 12.6. The highest BCUT2D eigenvalue weighted by Gasteiger charge is 2.72. The second-order valence-electron chi connectivity index (χ2n) is 13.6. The Hall–Kier alpha value is -2.50. The van der Waals surface area contributed by atoms with Crippen LogP contribution in [-0.4, -0.2) is 65.5 Å². The van der Waals surface area contributed by atoms with Crippen molar-refractivity contribution in [1.82, 2.24) is 20.9 Å². The number of carbonyl (C=O) groups is 2. The van der Waals surface area contributed by atoms with Gasteiger partial charge in [0.25, 0.3) is 0 Å². The summed E-state index contributed by atoms with van der Waals surface area (Å²) in [4.78, 5) is 30.2. The van der Waals surface area contributed by atoms with Crippen LogP contribution in [0.15, 0.2) is 30.5 Å². The van der Waals surface area contributed by atoms with Crippen LogP contribution in [0.1, 0.15) is 75.8 Å². The smallest absolute Gasteiger partial charge is 0.238 e. The van der Waals surface area contributed by atoms with Gasteiger partial charge in [0.1, 0.15) is 6.23 Å². The van der Waals surface area contributed by atoms with Gasteiger partial charge in [-0.05, 0) is 73.3 Å². The molecule has 4 heterocycles. The largest absolute Gasteiger partial charge is 0.376 e. The maximum Gasteiger partial charge on any atom is 0.238 e. The van der Waals surface area contributed by atoms with Crippen molar-refractivity contribution in [1.29, 1.82) is 0 Å². The van der Waals surface area contributed by atoms with Crippen LogP contribution in [0.2, 0.25) is 10.2 Å². The quantitative estimate of drug-likeness (QED) is 0.305. The molecule has 2 spiro atoms. The molecule has 44 heavy (non-hydrogen) atoms. The normalized spacial score (nSPS) is 31.8. The van der Waals surface area contributed by atoms with Gasteiger partial charge in [-0.25, -0.2) is 9.37 Å². The van der Waals surface area contributed by atoms with E-state index < -0.39 is 35.0 Å². The van der Waals surface area contributed by atoms with Crippen molar-refractivity contribution < 1.29 is 23.8 Å². The van der Waals surface area contributed by atoms with Gasteiger partial charge in [-0.15, -0.1) is 0 Å². The van der Waals surface area contributed by atoms with E-state index in [1.807, 2.05) is 6.07 Å². The lowest BCUT2D eigenvalue weighted by atomic mass is 9.53. The maximum absolute atomic E-state index is 16.1. The summed E-state index contributed by atoms with van der Waals surface area (Å²) in [5, 5.41) is 25.1. The van der Waals surface area contributed by atoms with Crippen molar-refractivity contribution in [3.63, 3.8) is 0 Å². The lowest BCUT2D eigenvalue weighted by Crippen LogP contribution is -2.63. The van der Waals surface area contributed by atoms with Crippen LogP contribution >= 0.6 is 23.2 Å². The summed E-state index contributed by atoms with van der Waals surface area (Å²) in [5.74, 6) is -1.96. The summed E-state index contributed by atoms with van der Waals surface area (Å²) in [6.45, 7) is 4.71. The number of rotatable bonds is 5. The molecule has 2 amide bonds. The molecule has 1 aromatic carbocycles. The van der Waals surface area contributed by atoms with Gasteiger partial charge < -0.3 is 25.8 Å². The Labute approximate surface area is 267 Å². The molecule has 2 aromatic rings. The van der Waals surface area contributed by atoms with E-state index in [-0.39, 0.29) is 53.1 Å². The number of ether oxygens (including phenoxy) is 1. The third-order valence-corrected chi connectivity index (χ3v) is 11.1. The molecule has 2 saturated heterocycles. The monoisotopic (exact) mass is 647 g/mol. The Morgan fingerprint density at radius 3 is 2.59 bits per heavy atom. The van der Waals surface area contributed by atoms with Crippen molar-refractivity contribution >= 4 is 40.7 Å². The van der Waals surface area contributed by atoms with E-state index in [9.17, 15) is 14.7 Å². The third kappa shape index (κ3) is 5.16. The molecule has 12 heteroatoms. The van der Waals surface area contributed by atoms with Gasteiger partial charge in [0, 0.05) is 35.4 Å². The number of hydrogen-bond donors (Lipinski definition) is 5. The van der Waals surface area contributed by atoms with Crippen LogP contribution < -0.4 is 21.3 Å². The number of fused-ring (bicyclic) bond motifs is 3. The van der Waals surface area contributed by atoms with Gasteiger partial charge in [0.05, 0.1) is 36.6 Å². The molecular weight excluding hydrogens is 608 g/mol. The summed E-state index contributed by atoms with van der Waals surface area (Å²) < 4.78 is 22.0. The first-order valence-corrected chi connectivity index (χ1v) is 16.1. The number of nitrogens with one attached hydrogen (secondary N) is 4. The first-order valence-electron chi connectivity index (χ1n) is 15.4. The lowest BCUT2D eigenvalue weighted by Gasteiger charge is -2.52. The molecule has 238 valence electrons. The molecule has 1 saturated carbocycles. The zero-order valence-electron chi connectivity index (χ0n) is 25.2. The van der Waals surface area contributed by atoms with E-state index in [0.29, 0.717) is 36.4 Å². The molecule has 5 N–H and O–H groups in total. The van der Waals surface area contributed by atoms with Crippen LogP contribution in [-0.2, 0) is 19.7 Å². The number of hydrogen-bond acceptors (Lipinski definition) is 7. The minimum absolute atomic E-state index is 0.0691. The molecule has 0 bridgehead atoms. The molecular formula is C32H40Cl2FN5O4. The summed E-state index contributed by atoms with van der Waals surface area (Å²) in [6.07, 6.45) is 4.62. The average molecular weight is 649 g/mol. The van der Waals surface area contributed by atoms with Gasteiger partial charge in [0.15, 0.2) is 11.0 Å². The number of nitrogens with zero attached hydrogens (tertiary/aromatic N) is 1. The van der Waals surface area contributed by atoms with Crippen molar-refractivity contribution in [2.24, 2.45) is 5.41 Å². The number of halogens is 3. The highest BCUT2D eigenvalue weighted by atomic mass is 35.5. The van der Waals surface area contributed by atoms with Crippen LogP contribution in [0.4, 0.5) is 10.1 Å². The molecule has 3 fully saturated rings. The number of amides is 2. The fraction of sp³-hybridized carbons (Fsp3) is 0.594. The number of aromatic nitrogens is 1. The van der Waals surface area contributed by atoms with Crippen molar-refractivity contribution in [3.8, 4) is 0 Å². The summed E-state index contributed by atoms with van der Waals surface area (Å²) in [6, 6.07) is 5.80. The fourth-order valence-corrected chi connectivity index (χ4v) is 8.57. The maximum atomic E-state index is 16.1. The molecule has 6 rings (SSSR count). The fourth-order valence-electron chi connectivity index (χ4n) is 8.23. The van der Waals surface area contributed by atoms with Gasteiger partial charge in [-0.1, -0.05) is 43.1 Å². The van der Waals surface area contributed by atoms with E-state index in [1.165, 1.54) is 6.20 Å². The molecule has 9 nitrogen and oxygen atoms in total. The van der Waals surface area contributed by atoms with E-state index in [0.717, 1.165) is 18.4 Å². The standard InChI is InChI=1S/C32H40Cl2FN5O4/c1-30(2)9-11-31(12-10-30)32(21-7-4-17(33)14-22(21)39-29(32)43)24(20-8-13-37-27(34)25(20)35)26(40-31)28(42)38-18-5-6-19(44-16-18)15-23(41)36-3/h4,7-8,13-14,18-19,24,26,29,39-40,43H,5-6,9-12,15-16H2,1-3H3,(H,36,41)(H,38,42)/t18-,19+,24+,26-,29?,32-/m1/s1. The van der Waals surface area contributed by atoms with Gasteiger partial charge >= 0.3 is 0 Å². The van der Waals surface area contributed by atoms with Gasteiger partial charge in [-0.3, -0.25) is 14.9 Å². The number of carbonyl (C=O) groups excluding carboxylic acids is 2. The van der Waals surface area contributed by atoms with E-state index in [1.54, 1.807) is 25.2 Å². The molecule has 1 aliphatic carbocycles. The molecule has 1 unspecified atom stereocenters. The van der Waals surface area contributed by atoms with Crippen LogP contribution in [0, 0.1) is 11.2 Å². The zero-order valence-corrected chi connectivity index (χ0v) is 26.7. The Morgan fingerprint density at radius 2 is 1.91 bits per heavy atom. The van der Waals surface area contributed by atoms with E-state index in [2.05, 4.69) is 40.1 Å². The molecule has 3 aliphatic heterocycles. The molecule has 6 atom stereocenters.